The van der Waals surface area contributed by atoms with Gasteiger partial charge in [-0.25, -0.2) is 4.21 Å². The summed E-state index contributed by atoms with van der Waals surface area (Å²) in [5, 5.41) is 0. The molecule has 0 aliphatic rings. The molecule has 0 saturated carbocycles. The maximum absolute atomic E-state index is 10.9. The lowest BCUT2D eigenvalue weighted by atomic mass is 10.2. The molecule has 1 aromatic rings. The van der Waals surface area contributed by atoms with Crippen LogP contribution < -0.4 is 0 Å². The van der Waals surface area contributed by atoms with Crippen molar-refractivity contribution in [3.8, 4) is 0 Å². The molecule has 0 fully saturated rings. The van der Waals surface area contributed by atoms with E-state index in [1.54, 1.807) is 6.07 Å². The maximum atomic E-state index is 10.9. The fraction of sp³-hybridized carbons (Fsp3) is 0.143. The van der Waals surface area contributed by atoms with E-state index in [-0.39, 0.29) is 0 Å². The predicted octanol–water partition coefficient (Wildman–Crippen LogP) is 3.02. The third kappa shape index (κ3) is 2.29. The number of halogens is 2. The lowest BCUT2D eigenvalue weighted by Crippen LogP contribution is -1.86. The first-order valence-electron chi connectivity index (χ1n) is 2.95. The van der Waals surface area contributed by atoms with Crippen LogP contribution in [0.4, 0.5) is 0 Å². The molecule has 0 heterocycles. The summed E-state index contributed by atoms with van der Waals surface area (Å²) < 4.78 is 11.8. The van der Waals surface area contributed by atoms with Crippen LogP contribution in [-0.4, -0.2) is 4.21 Å². The molecular formula is C7H6BrClOS. The minimum absolute atomic E-state index is 0.668. The van der Waals surface area contributed by atoms with Gasteiger partial charge in [-0.05, 0) is 35.3 Å². The molecule has 1 nitrogen and oxygen atoms in total. The molecule has 0 radical (unpaired) electrons. The van der Waals surface area contributed by atoms with Gasteiger partial charge in [0.1, 0.15) is 10.0 Å². The summed E-state index contributed by atoms with van der Waals surface area (Å²) >= 11 is 3.27. The molecule has 0 saturated heterocycles. The minimum atomic E-state index is -1.41. The fourth-order valence-electron chi connectivity index (χ4n) is 0.747. The Balaban J connectivity index is 3.23. The minimum Gasteiger partial charge on any atom is -0.237 e. The third-order valence-corrected chi connectivity index (χ3v) is 3.10. The summed E-state index contributed by atoms with van der Waals surface area (Å²) in [7, 11) is 4.02. The van der Waals surface area contributed by atoms with Gasteiger partial charge in [0.05, 0.1) is 4.90 Å². The van der Waals surface area contributed by atoms with Crippen LogP contribution in [0.1, 0.15) is 5.56 Å². The Morgan fingerprint density at radius 3 is 2.64 bits per heavy atom. The van der Waals surface area contributed by atoms with Gasteiger partial charge in [-0.1, -0.05) is 22.0 Å². The second-order valence-electron chi connectivity index (χ2n) is 2.13. The second kappa shape index (κ2) is 3.70. The SMILES string of the molecule is Cc1ccc(Br)cc1S(=O)Cl. The molecule has 1 atom stereocenters. The molecular weight excluding hydrogens is 248 g/mol. The second-order valence-corrected chi connectivity index (χ2v) is 4.78. The molecule has 0 amide bonds. The van der Waals surface area contributed by atoms with E-state index in [2.05, 4.69) is 15.9 Å². The zero-order valence-electron chi connectivity index (χ0n) is 5.80. The van der Waals surface area contributed by atoms with Crippen molar-refractivity contribution in [3.05, 3.63) is 28.2 Å². The summed E-state index contributed by atoms with van der Waals surface area (Å²) in [4.78, 5) is 0.668. The fourth-order valence-corrected chi connectivity index (χ4v) is 2.30. The largest absolute Gasteiger partial charge is 0.237 e. The van der Waals surface area contributed by atoms with Crippen LogP contribution in [-0.2, 0) is 10.0 Å². The number of hydrogen-bond acceptors (Lipinski definition) is 1. The average Bonchev–Trinajstić information content (AvgIpc) is 1.94. The summed E-state index contributed by atoms with van der Waals surface area (Å²) in [6, 6.07) is 5.53. The Morgan fingerprint density at radius 2 is 2.18 bits per heavy atom. The number of hydrogen-bond donors (Lipinski definition) is 0. The normalized spacial score (nSPS) is 13.0. The molecule has 0 bridgehead atoms. The average molecular weight is 254 g/mol. The van der Waals surface area contributed by atoms with E-state index in [0.717, 1.165) is 10.0 Å². The Labute approximate surface area is 80.8 Å². The van der Waals surface area contributed by atoms with Crippen LogP contribution in [0.15, 0.2) is 27.6 Å². The first-order valence-corrected chi connectivity index (χ1v) is 5.72. The summed E-state index contributed by atoms with van der Waals surface area (Å²) in [5.41, 5.74) is 0.946. The lowest BCUT2D eigenvalue weighted by molar-refractivity contribution is 0.690. The van der Waals surface area contributed by atoms with Crippen LogP contribution >= 0.6 is 26.6 Å². The summed E-state index contributed by atoms with van der Waals surface area (Å²) in [6.45, 7) is 1.88. The maximum Gasteiger partial charge on any atom is 0.147 e. The van der Waals surface area contributed by atoms with Crippen molar-refractivity contribution in [3.63, 3.8) is 0 Å². The number of benzene rings is 1. The Morgan fingerprint density at radius 1 is 1.55 bits per heavy atom. The van der Waals surface area contributed by atoms with Gasteiger partial charge in [0.2, 0.25) is 0 Å². The van der Waals surface area contributed by atoms with Crippen molar-refractivity contribution in [1.29, 1.82) is 0 Å². The molecule has 0 aliphatic heterocycles. The highest BCUT2D eigenvalue weighted by Crippen LogP contribution is 2.20. The first-order chi connectivity index (χ1) is 5.11. The van der Waals surface area contributed by atoms with Gasteiger partial charge in [-0.15, -0.1) is 0 Å². The van der Waals surface area contributed by atoms with E-state index < -0.39 is 10.0 Å². The molecule has 11 heavy (non-hydrogen) atoms. The van der Waals surface area contributed by atoms with E-state index in [9.17, 15) is 4.21 Å². The highest BCUT2D eigenvalue weighted by Gasteiger charge is 2.03. The monoisotopic (exact) mass is 252 g/mol. The molecule has 60 valence electrons. The van der Waals surface area contributed by atoms with E-state index >= 15 is 0 Å². The Bertz CT molecular complexity index is 300. The van der Waals surface area contributed by atoms with Crippen LogP contribution in [0.5, 0.6) is 0 Å². The van der Waals surface area contributed by atoms with Crippen molar-refractivity contribution in [1.82, 2.24) is 0 Å². The molecule has 0 N–H and O–H groups in total. The Kier molecular flexibility index (Phi) is 3.10. The van der Waals surface area contributed by atoms with Crippen molar-refractivity contribution >= 4 is 36.6 Å². The smallest absolute Gasteiger partial charge is 0.147 e. The summed E-state index contributed by atoms with van der Waals surface area (Å²) in [5.74, 6) is 0. The van der Waals surface area contributed by atoms with Crippen molar-refractivity contribution in [2.24, 2.45) is 0 Å². The predicted molar refractivity (Wildman–Crippen MR) is 51.1 cm³/mol. The van der Waals surface area contributed by atoms with E-state index in [4.69, 9.17) is 10.7 Å². The van der Waals surface area contributed by atoms with E-state index in [0.29, 0.717) is 4.90 Å². The number of rotatable bonds is 1. The van der Waals surface area contributed by atoms with Crippen LogP contribution in [0.25, 0.3) is 0 Å². The molecule has 0 aliphatic carbocycles. The quantitative estimate of drug-likeness (QED) is 0.703. The molecule has 4 heteroatoms. The first kappa shape index (κ1) is 9.23. The highest BCUT2D eigenvalue weighted by atomic mass is 79.9. The van der Waals surface area contributed by atoms with Gasteiger partial charge < -0.3 is 0 Å². The third-order valence-electron chi connectivity index (χ3n) is 1.32. The van der Waals surface area contributed by atoms with Gasteiger partial charge in [0.25, 0.3) is 0 Å². The summed E-state index contributed by atoms with van der Waals surface area (Å²) in [6.07, 6.45) is 0. The standard InChI is InChI=1S/C7H6BrClOS/c1-5-2-3-6(8)4-7(5)11(9)10/h2-4H,1H3. The van der Waals surface area contributed by atoms with Gasteiger partial charge in [0.15, 0.2) is 0 Å². The molecule has 1 aromatic carbocycles. The van der Waals surface area contributed by atoms with Gasteiger partial charge in [0, 0.05) is 4.47 Å². The lowest BCUT2D eigenvalue weighted by Gasteiger charge is -1.99. The zero-order valence-corrected chi connectivity index (χ0v) is 8.96. The van der Waals surface area contributed by atoms with Crippen LogP contribution in [0, 0.1) is 6.92 Å². The van der Waals surface area contributed by atoms with Crippen molar-refractivity contribution in [2.75, 3.05) is 0 Å². The highest BCUT2D eigenvalue weighted by molar-refractivity contribution is 9.10. The Hall–Kier alpha value is 0.140. The molecule has 1 unspecified atom stereocenters. The van der Waals surface area contributed by atoms with Gasteiger partial charge >= 0.3 is 0 Å². The van der Waals surface area contributed by atoms with Gasteiger partial charge in [-0.3, -0.25) is 0 Å². The number of aryl methyl sites for hydroxylation is 1. The van der Waals surface area contributed by atoms with Crippen molar-refractivity contribution < 1.29 is 4.21 Å². The van der Waals surface area contributed by atoms with Gasteiger partial charge in [-0.2, -0.15) is 0 Å². The molecule has 0 spiro atoms. The van der Waals surface area contributed by atoms with Crippen LogP contribution in [0.2, 0.25) is 0 Å². The molecule has 0 aromatic heterocycles. The van der Waals surface area contributed by atoms with E-state index in [1.807, 2.05) is 19.1 Å². The zero-order chi connectivity index (χ0) is 8.43. The topological polar surface area (TPSA) is 17.1 Å². The van der Waals surface area contributed by atoms with Crippen molar-refractivity contribution in [2.45, 2.75) is 11.8 Å². The van der Waals surface area contributed by atoms with Crippen LogP contribution in [0.3, 0.4) is 0 Å². The van der Waals surface area contributed by atoms with E-state index in [1.165, 1.54) is 0 Å². The molecule has 1 rings (SSSR count).